The Bertz CT molecular complexity index is 314. The average Bonchev–Trinajstić information content (AvgIpc) is 2.19. The smallest absolute Gasteiger partial charge is 0.122 e. The first kappa shape index (κ1) is 12.3. The van der Waals surface area contributed by atoms with E-state index in [0.717, 1.165) is 29.3 Å². The van der Waals surface area contributed by atoms with Crippen LogP contribution in [0.2, 0.25) is 5.02 Å². The summed E-state index contributed by atoms with van der Waals surface area (Å²) in [6, 6.07) is 5.70. The van der Waals surface area contributed by atoms with Crippen molar-refractivity contribution in [2.24, 2.45) is 0 Å². The van der Waals surface area contributed by atoms with Crippen molar-refractivity contribution in [3.05, 3.63) is 28.8 Å². The van der Waals surface area contributed by atoms with Crippen molar-refractivity contribution in [3.63, 3.8) is 0 Å². The van der Waals surface area contributed by atoms with Crippen LogP contribution in [0, 0.1) is 6.92 Å². The molecule has 0 heterocycles. The average molecular weight is 228 g/mol. The fraction of sp³-hybridized carbons (Fsp3) is 0.500. The maximum atomic E-state index is 5.87. The maximum Gasteiger partial charge on any atom is 0.122 e. The lowest BCUT2D eigenvalue weighted by Crippen LogP contribution is -2.19. The molecule has 1 atom stereocenters. The van der Waals surface area contributed by atoms with Crippen molar-refractivity contribution in [1.82, 2.24) is 5.32 Å². The summed E-state index contributed by atoms with van der Waals surface area (Å²) in [5.41, 5.74) is 1.08. The van der Waals surface area contributed by atoms with E-state index >= 15 is 0 Å². The Morgan fingerprint density at radius 2 is 2.20 bits per heavy atom. The third kappa shape index (κ3) is 4.10. The van der Waals surface area contributed by atoms with Crippen LogP contribution in [-0.4, -0.2) is 19.7 Å². The van der Waals surface area contributed by atoms with Gasteiger partial charge >= 0.3 is 0 Å². The highest BCUT2D eigenvalue weighted by atomic mass is 35.5. The highest BCUT2D eigenvalue weighted by Crippen LogP contribution is 2.23. The fourth-order valence-electron chi connectivity index (χ4n) is 1.37. The van der Waals surface area contributed by atoms with Gasteiger partial charge in [-0.2, -0.15) is 0 Å². The largest absolute Gasteiger partial charge is 0.490 e. The third-order valence-corrected chi connectivity index (χ3v) is 2.50. The van der Waals surface area contributed by atoms with E-state index in [1.807, 2.05) is 32.2 Å². The molecular formula is C12H18ClNO. The SMILES string of the molecule is CNCCC(C)Oc1ccc(Cl)cc1C. The second kappa shape index (κ2) is 5.99. The molecule has 2 nitrogen and oxygen atoms in total. The Morgan fingerprint density at radius 3 is 2.80 bits per heavy atom. The molecule has 0 bridgehead atoms. The first-order chi connectivity index (χ1) is 7.13. The Morgan fingerprint density at radius 1 is 1.47 bits per heavy atom. The van der Waals surface area contributed by atoms with Crippen LogP contribution in [0.15, 0.2) is 18.2 Å². The Labute approximate surface area is 96.6 Å². The van der Waals surface area contributed by atoms with Gasteiger partial charge in [0.2, 0.25) is 0 Å². The molecule has 1 rings (SSSR count). The second-order valence-corrected chi connectivity index (χ2v) is 4.17. The summed E-state index contributed by atoms with van der Waals surface area (Å²) in [6.07, 6.45) is 1.22. The molecule has 0 saturated carbocycles. The third-order valence-electron chi connectivity index (χ3n) is 2.27. The summed E-state index contributed by atoms with van der Waals surface area (Å²) >= 11 is 5.87. The monoisotopic (exact) mass is 227 g/mol. The predicted octanol–water partition coefficient (Wildman–Crippen LogP) is 3.03. The van der Waals surface area contributed by atoms with Crippen molar-refractivity contribution in [1.29, 1.82) is 0 Å². The van der Waals surface area contributed by atoms with Crippen LogP contribution in [-0.2, 0) is 0 Å². The lowest BCUT2D eigenvalue weighted by atomic mass is 10.2. The number of halogens is 1. The molecule has 1 unspecified atom stereocenters. The minimum atomic E-state index is 0.220. The first-order valence-corrected chi connectivity index (χ1v) is 5.58. The summed E-state index contributed by atoms with van der Waals surface area (Å²) in [5, 5.41) is 3.86. The van der Waals surface area contributed by atoms with Gasteiger partial charge in [-0.3, -0.25) is 0 Å². The quantitative estimate of drug-likeness (QED) is 0.835. The summed E-state index contributed by atoms with van der Waals surface area (Å²) in [7, 11) is 1.94. The maximum absolute atomic E-state index is 5.87. The minimum absolute atomic E-state index is 0.220. The van der Waals surface area contributed by atoms with Gasteiger partial charge in [-0.1, -0.05) is 11.6 Å². The molecule has 0 fully saturated rings. The fourth-order valence-corrected chi connectivity index (χ4v) is 1.59. The molecule has 15 heavy (non-hydrogen) atoms. The molecular weight excluding hydrogens is 210 g/mol. The zero-order valence-corrected chi connectivity index (χ0v) is 10.3. The molecule has 0 spiro atoms. The van der Waals surface area contributed by atoms with E-state index < -0.39 is 0 Å². The van der Waals surface area contributed by atoms with E-state index in [-0.39, 0.29) is 6.10 Å². The number of hydrogen-bond donors (Lipinski definition) is 1. The zero-order valence-electron chi connectivity index (χ0n) is 9.51. The normalized spacial score (nSPS) is 12.5. The van der Waals surface area contributed by atoms with Crippen molar-refractivity contribution in [2.75, 3.05) is 13.6 Å². The van der Waals surface area contributed by atoms with E-state index in [1.165, 1.54) is 0 Å². The molecule has 0 aromatic heterocycles. The molecule has 1 N–H and O–H groups in total. The number of aryl methyl sites for hydroxylation is 1. The van der Waals surface area contributed by atoms with Crippen LogP contribution in [0.25, 0.3) is 0 Å². The second-order valence-electron chi connectivity index (χ2n) is 3.73. The van der Waals surface area contributed by atoms with Crippen molar-refractivity contribution in [2.45, 2.75) is 26.4 Å². The van der Waals surface area contributed by atoms with Crippen LogP contribution >= 0.6 is 11.6 Å². The highest BCUT2D eigenvalue weighted by Gasteiger charge is 2.05. The van der Waals surface area contributed by atoms with Crippen LogP contribution in [0.3, 0.4) is 0 Å². The molecule has 0 aliphatic carbocycles. The summed E-state index contributed by atoms with van der Waals surface area (Å²) in [5.74, 6) is 0.919. The number of hydrogen-bond acceptors (Lipinski definition) is 2. The Balaban J connectivity index is 2.56. The molecule has 0 aliphatic heterocycles. The van der Waals surface area contributed by atoms with Gasteiger partial charge in [0.15, 0.2) is 0 Å². The van der Waals surface area contributed by atoms with Crippen LogP contribution in [0.5, 0.6) is 5.75 Å². The van der Waals surface area contributed by atoms with Gasteiger partial charge < -0.3 is 10.1 Å². The first-order valence-electron chi connectivity index (χ1n) is 5.21. The summed E-state index contributed by atoms with van der Waals surface area (Å²) < 4.78 is 5.80. The molecule has 0 saturated heterocycles. The van der Waals surface area contributed by atoms with Gasteiger partial charge in [0.05, 0.1) is 6.10 Å². The number of ether oxygens (including phenoxy) is 1. The predicted molar refractivity (Wildman–Crippen MR) is 64.8 cm³/mol. The van der Waals surface area contributed by atoms with Crippen LogP contribution < -0.4 is 10.1 Å². The lowest BCUT2D eigenvalue weighted by molar-refractivity contribution is 0.209. The van der Waals surface area contributed by atoms with E-state index in [1.54, 1.807) is 0 Å². The topological polar surface area (TPSA) is 21.3 Å². The van der Waals surface area contributed by atoms with Gasteiger partial charge in [0.1, 0.15) is 5.75 Å². The zero-order chi connectivity index (χ0) is 11.3. The molecule has 0 radical (unpaired) electrons. The standard InChI is InChI=1S/C12H18ClNO/c1-9-8-11(13)4-5-12(9)15-10(2)6-7-14-3/h4-5,8,10,14H,6-7H2,1-3H3. The lowest BCUT2D eigenvalue weighted by Gasteiger charge is -2.16. The number of nitrogens with one attached hydrogen (secondary N) is 1. The van der Waals surface area contributed by atoms with Crippen LogP contribution in [0.4, 0.5) is 0 Å². The van der Waals surface area contributed by atoms with Crippen LogP contribution in [0.1, 0.15) is 18.9 Å². The minimum Gasteiger partial charge on any atom is -0.490 e. The van der Waals surface area contributed by atoms with Crippen molar-refractivity contribution >= 4 is 11.6 Å². The summed E-state index contributed by atoms with van der Waals surface area (Å²) in [4.78, 5) is 0. The number of benzene rings is 1. The number of rotatable bonds is 5. The summed E-state index contributed by atoms with van der Waals surface area (Å²) in [6.45, 7) is 5.05. The van der Waals surface area contributed by atoms with E-state index in [9.17, 15) is 0 Å². The molecule has 1 aromatic rings. The van der Waals surface area contributed by atoms with E-state index in [4.69, 9.17) is 16.3 Å². The molecule has 0 aliphatic rings. The highest BCUT2D eigenvalue weighted by molar-refractivity contribution is 6.30. The van der Waals surface area contributed by atoms with Gasteiger partial charge in [-0.15, -0.1) is 0 Å². The molecule has 3 heteroatoms. The Kier molecular flexibility index (Phi) is 4.92. The van der Waals surface area contributed by atoms with Crippen molar-refractivity contribution < 1.29 is 4.74 Å². The van der Waals surface area contributed by atoms with Gasteiger partial charge in [0.25, 0.3) is 0 Å². The Hall–Kier alpha value is -0.730. The molecule has 0 amide bonds. The van der Waals surface area contributed by atoms with Gasteiger partial charge in [0, 0.05) is 5.02 Å². The molecule has 84 valence electrons. The van der Waals surface area contributed by atoms with Crippen molar-refractivity contribution in [3.8, 4) is 5.75 Å². The van der Waals surface area contributed by atoms with E-state index in [0.29, 0.717) is 0 Å². The molecule has 1 aromatic carbocycles. The van der Waals surface area contributed by atoms with Gasteiger partial charge in [-0.05, 0) is 57.6 Å². The van der Waals surface area contributed by atoms with Gasteiger partial charge in [-0.25, -0.2) is 0 Å². The van der Waals surface area contributed by atoms with E-state index in [2.05, 4.69) is 12.2 Å².